The van der Waals surface area contributed by atoms with Crippen LogP contribution in [0.4, 0.5) is 0 Å². The highest BCUT2D eigenvalue weighted by molar-refractivity contribution is 5.44. The van der Waals surface area contributed by atoms with Crippen LogP contribution >= 0.6 is 0 Å². The Labute approximate surface area is 198 Å². The van der Waals surface area contributed by atoms with Crippen LogP contribution < -0.4 is 9.59 Å². The Hall–Kier alpha value is -1.83. The van der Waals surface area contributed by atoms with E-state index in [0.29, 0.717) is 0 Å². The van der Waals surface area contributed by atoms with E-state index in [4.69, 9.17) is 0 Å². The van der Waals surface area contributed by atoms with Gasteiger partial charge in [-0.05, 0) is 24.8 Å². The van der Waals surface area contributed by atoms with Crippen molar-refractivity contribution in [1.82, 2.24) is 0 Å². The SMILES string of the molecule is C=[N+]1[CH-]C=C(CCCCCCCCC)C/C1=c1\cc(CCCCCCCCC)cc[n+]1=C. The average Bonchev–Trinajstić information content (AvgIpc) is 2.80. The van der Waals surface area contributed by atoms with E-state index >= 15 is 0 Å². The van der Waals surface area contributed by atoms with Gasteiger partial charge in [-0.25, -0.2) is 0 Å². The highest BCUT2D eigenvalue weighted by Gasteiger charge is 2.16. The van der Waals surface area contributed by atoms with Gasteiger partial charge in [0, 0.05) is 12.1 Å². The molecule has 0 unspecified atom stereocenters. The van der Waals surface area contributed by atoms with Crippen molar-refractivity contribution in [2.24, 2.45) is 0 Å². The lowest BCUT2D eigenvalue weighted by molar-refractivity contribution is -0.521. The first-order valence-electron chi connectivity index (χ1n) is 13.5. The summed E-state index contributed by atoms with van der Waals surface area (Å²) in [5.74, 6) is 0. The molecular weight excluding hydrogens is 388 g/mol. The summed E-state index contributed by atoms with van der Waals surface area (Å²) in [5, 5.41) is 1.21. The van der Waals surface area contributed by atoms with Gasteiger partial charge in [-0.2, -0.15) is 4.24 Å². The molecule has 0 spiro atoms. The Balaban J connectivity index is 1.89. The summed E-state index contributed by atoms with van der Waals surface area (Å²) in [6.45, 7) is 15.2. The van der Waals surface area contributed by atoms with Gasteiger partial charge in [-0.1, -0.05) is 110 Å². The number of hydrogen-bond donors (Lipinski definition) is 0. The molecule has 2 heterocycles. The Kier molecular flexibility index (Phi) is 13.1. The number of nitrogens with zero attached hydrogens (tertiary/aromatic N) is 2. The third-order valence-electron chi connectivity index (χ3n) is 6.80. The van der Waals surface area contributed by atoms with Crippen LogP contribution in [0.25, 0.3) is 5.70 Å². The second-order valence-corrected chi connectivity index (χ2v) is 9.70. The van der Waals surface area contributed by atoms with Gasteiger partial charge in [-0.3, -0.25) is 4.58 Å². The Morgan fingerprint density at radius 2 is 1.34 bits per heavy atom. The highest BCUT2D eigenvalue weighted by Crippen LogP contribution is 2.24. The maximum atomic E-state index is 4.26. The van der Waals surface area contributed by atoms with Crippen LogP contribution in [-0.2, 0) is 6.42 Å². The topological polar surface area (TPSA) is 8.91 Å². The zero-order valence-electron chi connectivity index (χ0n) is 21.2. The molecule has 2 heteroatoms. The van der Waals surface area contributed by atoms with E-state index in [9.17, 15) is 0 Å². The Morgan fingerprint density at radius 3 is 1.97 bits per heavy atom. The number of unbranched alkanes of at least 4 members (excludes halogenated alkanes) is 12. The second-order valence-electron chi connectivity index (χ2n) is 9.70. The molecule has 0 aliphatic carbocycles. The number of pyridine rings is 1. The highest BCUT2D eigenvalue weighted by atomic mass is 15.0. The van der Waals surface area contributed by atoms with Crippen LogP contribution in [-0.4, -0.2) is 11.3 Å². The third kappa shape index (κ3) is 9.76. The van der Waals surface area contributed by atoms with Gasteiger partial charge in [0.15, 0.2) is 11.9 Å². The molecule has 1 aromatic heterocycles. The van der Waals surface area contributed by atoms with Gasteiger partial charge < -0.3 is 0 Å². The molecule has 0 amide bonds. The standard InChI is InChI=1S/C30H49N2/c1-5-7-9-11-13-15-17-19-27-21-23-31(3)29(25-27)30-26-28(22-24-32(30)4)20-18-16-14-12-10-8-6-2/h21-25H,3-20,26H2,1-2H3/q+1/b30-29-. The van der Waals surface area contributed by atoms with Crippen LogP contribution in [0.5, 0.6) is 0 Å². The predicted octanol–water partition coefficient (Wildman–Crippen LogP) is 7.36. The fourth-order valence-corrected chi connectivity index (χ4v) is 4.64. The van der Waals surface area contributed by atoms with E-state index in [-0.39, 0.29) is 0 Å². The summed E-state index contributed by atoms with van der Waals surface area (Å²) in [5.41, 5.74) is 4.24. The van der Waals surface area contributed by atoms with Crippen molar-refractivity contribution in [3.8, 4) is 0 Å². The molecule has 1 aliphatic rings. The van der Waals surface area contributed by atoms with Crippen molar-refractivity contribution < 1.29 is 8.82 Å². The first kappa shape index (κ1) is 26.4. The fourth-order valence-electron chi connectivity index (χ4n) is 4.64. The molecule has 0 fully saturated rings. The lowest BCUT2D eigenvalue weighted by Crippen LogP contribution is -2.39. The molecular formula is C30H49N2+. The Bertz CT molecular complexity index is 818. The molecule has 0 atom stereocenters. The van der Waals surface area contributed by atoms with Gasteiger partial charge in [0.25, 0.3) is 0 Å². The van der Waals surface area contributed by atoms with Gasteiger partial charge >= 0.3 is 0 Å². The number of aryl methyl sites for hydroxylation is 1. The van der Waals surface area contributed by atoms with E-state index in [1.165, 1.54) is 118 Å². The summed E-state index contributed by atoms with van der Waals surface area (Å²) in [6.07, 6.45) is 26.8. The monoisotopic (exact) mass is 437 g/mol. The zero-order valence-corrected chi connectivity index (χ0v) is 21.2. The molecule has 2 nitrogen and oxygen atoms in total. The van der Waals surface area contributed by atoms with Gasteiger partial charge in [0.05, 0.1) is 13.3 Å². The first-order valence-corrected chi connectivity index (χ1v) is 13.5. The van der Waals surface area contributed by atoms with E-state index in [0.717, 1.165) is 12.8 Å². The first-order chi connectivity index (χ1) is 15.7. The van der Waals surface area contributed by atoms with Crippen molar-refractivity contribution in [2.45, 2.75) is 123 Å². The molecule has 0 bridgehead atoms. The van der Waals surface area contributed by atoms with Crippen LogP contribution in [0.2, 0.25) is 0 Å². The average molecular weight is 438 g/mol. The molecule has 178 valence electrons. The maximum Gasteiger partial charge on any atom is 0.235 e. The summed E-state index contributed by atoms with van der Waals surface area (Å²) < 4.78 is 4.06. The fraction of sp³-hybridized carbons (Fsp3) is 0.633. The number of aromatic nitrogens is 1. The molecule has 1 aromatic rings. The lowest BCUT2D eigenvalue weighted by Gasteiger charge is -2.19. The Morgan fingerprint density at radius 1 is 0.781 bits per heavy atom. The van der Waals surface area contributed by atoms with Crippen LogP contribution in [0.3, 0.4) is 0 Å². The molecule has 0 saturated carbocycles. The molecule has 2 rings (SSSR count). The van der Waals surface area contributed by atoms with Crippen molar-refractivity contribution in [3.05, 3.63) is 54.2 Å². The number of rotatable bonds is 16. The van der Waals surface area contributed by atoms with E-state index in [1.807, 2.05) is 8.82 Å². The minimum Gasteiger partial charge on any atom is -0.293 e. The molecule has 1 aliphatic heterocycles. The zero-order chi connectivity index (χ0) is 23.0. The molecule has 0 N–H and O–H groups in total. The molecule has 32 heavy (non-hydrogen) atoms. The maximum absolute atomic E-state index is 4.26. The van der Waals surface area contributed by atoms with E-state index < -0.39 is 0 Å². The third-order valence-corrected chi connectivity index (χ3v) is 6.80. The van der Waals surface area contributed by atoms with E-state index in [1.54, 1.807) is 0 Å². The van der Waals surface area contributed by atoms with Crippen molar-refractivity contribution in [1.29, 1.82) is 0 Å². The van der Waals surface area contributed by atoms with E-state index in [2.05, 4.69) is 58.2 Å². The quantitative estimate of drug-likeness (QED) is 0.145. The minimum atomic E-state index is 0.992. The van der Waals surface area contributed by atoms with Crippen LogP contribution in [0.1, 0.15) is 122 Å². The molecule has 0 aromatic carbocycles. The molecule has 0 saturated heterocycles. The minimum absolute atomic E-state index is 0.992. The van der Waals surface area contributed by atoms with Gasteiger partial charge in [0.2, 0.25) is 5.35 Å². The largest absolute Gasteiger partial charge is 0.293 e. The van der Waals surface area contributed by atoms with Gasteiger partial charge in [-0.15, -0.1) is 5.57 Å². The summed E-state index contributed by atoms with van der Waals surface area (Å²) in [6, 6.07) is 4.59. The summed E-state index contributed by atoms with van der Waals surface area (Å²) in [4.78, 5) is 0. The summed E-state index contributed by atoms with van der Waals surface area (Å²) in [7, 11) is 0. The normalized spacial score (nSPS) is 15.6. The van der Waals surface area contributed by atoms with Crippen molar-refractivity contribution in [3.63, 3.8) is 0 Å². The predicted molar refractivity (Wildman–Crippen MR) is 139 cm³/mol. The second kappa shape index (κ2) is 15.9. The van der Waals surface area contributed by atoms with Crippen LogP contribution in [0, 0.1) is 13.3 Å². The van der Waals surface area contributed by atoms with Crippen LogP contribution in [0.15, 0.2) is 30.0 Å². The van der Waals surface area contributed by atoms with Crippen molar-refractivity contribution in [2.75, 3.05) is 0 Å². The van der Waals surface area contributed by atoms with Crippen molar-refractivity contribution >= 4 is 12.4 Å². The lowest BCUT2D eigenvalue weighted by atomic mass is 9.98. The smallest absolute Gasteiger partial charge is 0.235 e. The summed E-state index contributed by atoms with van der Waals surface area (Å²) >= 11 is 0. The number of hydrogen-bond acceptors (Lipinski definition) is 0. The van der Waals surface area contributed by atoms with Gasteiger partial charge in [0.1, 0.15) is 6.72 Å². The molecule has 0 radical (unpaired) electrons.